The van der Waals surface area contributed by atoms with Crippen molar-refractivity contribution < 1.29 is 13.2 Å². The van der Waals surface area contributed by atoms with Crippen molar-refractivity contribution >= 4 is 15.9 Å². The highest BCUT2D eigenvalue weighted by atomic mass is 32.2. The molecule has 1 aliphatic heterocycles. The van der Waals surface area contributed by atoms with Crippen LogP contribution in [0.15, 0.2) is 17.3 Å². The molecule has 20 heavy (non-hydrogen) atoms. The third-order valence-electron chi connectivity index (χ3n) is 3.41. The van der Waals surface area contributed by atoms with E-state index in [1.165, 1.54) is 12.4 Å². The Morgan fingerprint density at radius 2 is 2.10 bits per heavy atom. The van der Waals surface area contributed by atoms with Gasteiger partial charge in [-0.15, -0.1) is 0 Å². The van der Waals surface area contributed by atoms with Crippen molar-refractivity contribution in [2.75, 3.05) is 13.1 Å². The van der Waals surface area contributed by atoms with Crippen molar-refractivity contribution in [3.05, 3.63) is 12.4 Å². The third-order valence-corrected chi connectivity index (χ3v) is 4.89. The molecule has 1 amide bonds. The number of nitrogens with one attached hydrogen (secondary N) is 2. The summed E-state index contributed by atoms with van der Waals surface area (Å²) in [6.45, 7) is 4.93. The summed E-state index contributed by atoms with van der Waals surface area (Å²) in [5, 5.41) is 6.12. The molecule has 0 aromatic carbocycles. The first-order chi connectivity index (χ1) is 9.40. The first-order valence-corrected chi connectivity index (χ1v) is 8.18. The first-order valence-electron chi connectivity index (χ1n) is 6.70. The van der Waals surface area contributed by atoms with Crippen molar-refractivity contribution in [1.82, 2.24) is 19.8 Å². The Morgan fingerprint density at radius 1 is 1.45 bits per heavy atom. The Kier molecular flexibility index (Phi) is 4.44. The van der Waals surface area contributed by atoms with Gasteiger partial charge in [-0.05, 0) is 12.8 Å². The lowest BCUT2D eigenvalue weighted by Gasteiger charge is -2.33. The average molecular weight is 300 g/mol. The fraction of sp³-hybridized carbons (Fsp3) is 0.667. The molecule has 0 unspecified atom stereocenters. The summed E-state index contributed by atoms with van der Waals surface area (Å²) >= 11 is 0. The molecule has 0 radical (unpaired) electrons. The predicted octanol–water partition coefficient (Wildman–Crippen LogP) is 0.335. The number of hydrogen-bond acceptors (Lipinski definition) is 4. The number of carbonyl (C=O) groups excluding carboxylic acids is 1. The molecule has 0 atom stereocenters. The lowest BCUT2D eigenvalue weighted by molar-refractivity contribution is -0.135. The summed E-state index contributed by atoms with van der Waals surface area (Å²) in [6.07, 6.45) is 3.89. The molecular formula is C12H20N4O3S. The fourth-order valence-corrected chi connectivity index (χ4v) is 3.47. The van der Waals surface area contributed by atoms with E-state index in [4.69, 9.17) is 0 Å². The van der Waals surface area contributed by atoms with E-state index >= 15 is 0 Å². The topological polar surface area (TPSA) is 95.2 Å². The van der Waals surface area contributed by atoms with E-state index in [1.54, 1.807) is 4.90 Å². The van der Waals surface area contributed by atoms with E-state index in [1.807, 2.05) is 13.8 Å². The summed E-state index contributed by atoms with van der Waals surface area (Å²) in [5.74, 6) is 0.107. The fourth-order valence-electron chi connectivity index (χ4n) is 2.26. The Hall–Kier alpha value is -1.41. The van der Waals surface area contributed by atoms with E-state index in [9.17, 15) is 13.2 Å². The zero-order valence-corrected chi connectivity index (χ0v) is 12.5. The maximum atomic E-state index is 12.0. The minimum atomic E-state index is -3.52. The minimum Gasteiger partial charge on any atom is -0.342 e. The van der Waals surface area contributed by atoms with Crippen molar-refractivity contribution in [2.45, 2.75) is 37.6 Å². The van der Waals surface area contributed by atoms with Crippen LogP contribution in [-0.4, -0.2) is 48.6 Å². The van der Waals surface area contributed by atoms with Crippen LogP contribution in [0.1, 0.15) is 26.7 Å². The summed E-state index contributed by atoms with van der Waals surface area (Å²) in [4.78, 5) is 13.8. The molecule has 2 N–H and O–H groups in total. The molecular weight excluding hydrogens is 280 g/mol. The maximum absolute atomic E-state index is 12.0. The Labute approximate surface area is 118 Å². The largest absolute Gasteiger partial charge is 0.342 e. The van der Waals surface area contributed by atoms with Crippen LogP contribution in [0.3, 0.4) is 0 Å². The summed E-state index contributed by atoms with van der Waals surface area (Å²) in [6, 6.07) is -0.133. The number of nitrogens with zero attached hydrogens (tertiary/aromatic N) is 2. The molecule has 1 aromatic heterocycles. The molecule has 7 nitrogen and oxygen atoms in total. The number of rotatable bonds is 4. The SMILES string of the molecule is CC(C)C(=O)N1CCC(NS(=O)(=O)c2cn[nH]c2)CC1. The van der Waals surface area contributed by atoms with Gasteiger partial charge in [-0.1, -0.05) is 13.8 Å². The number of carbonyl (C=O) groups is 1. The second kappa shape index (κ2) is 5.92. The van der Waals surface area contributed by atoms with Crippen molar-refractivity contribution in [2.24, 2.45) is 5.92 Å². The standard InChI is InChI=1S/C12H20N4O3S/c1-9(2)12(17)16-5-3-10(4-6-16)15-20(18,19)11-7-13-14-8-11/h7-10,15H,3-6H2,1-2H3,(H,13,14). The van der Waals surface area contributed by atoms with Gasteiger partial charge in [0.1, 0.15) is 4.90 Å². The van der Waals surface area contributed by atoms with Crippen LogP contribution in [0, 0.1) is 5.92 Å². The quantitative estimate of drug-likeness (QED) is 0.838. The van der Waals surface area contributed by atoms with Crippen LogP contribution < -0.4 is 4.72 Å². The molecule has 0 aliphatic carbocycles. The molecule has 0 spiro atoms. The Balaban J connectivity index is 1.91. The second-order valence-electron chi connectivity index (χ2n) is 5.31. The molecule has 8 heteroatoms. The highest BCUT2D eigenvalue weighted by Gasteiger charge is 2.27. The number of sulfonamides is 1. The highest BCUT2D eigenvalue weighted by Crippen LogP contribution is 2.15. The lowest BCUT2D eigenvalue weighted by atomic mass is 10.0. The molecule has 1 saturated heterocycles. The summed E-state index contributed by atoms with van der Waals surface area (Å²) < 4.78 is 26.7. The van der Waals surface area contributed by atoms with Crippen LogP contribution >= 0.6 is 0 Å². The lowest BCUT2D eigenvalue weighted by Crippen LogP contribution is -2.47. The normalized spacial score (nSPS) is 17.6. The van der Waals surface area contributed by atoms with E-state index in [-0.39, 0.29) is 22.8 Å². The zero-order chi connectivity index (χ0) is 14.8. The second-order valence-corrected chi connectivity index (χ2v) is 7.02. The van der Waals surface area contributed by atoms with Gasteiger partial charge in [0.05, 0.1) is 6.20 Å². The van der Waals surface area contributed by atoms with Crippen LogP contribution in [-0.2, 0) is 14.8 Å². The molecule has 2 rings (SSSR count). The smallest absolute Gasteiger partial charge is 0.243 e. The molecule has 1 fully saturated rings. The average Bonchev–Trinajstić information content (AvgIpc) is 2.93. The van der Waals surface area contributed by atoms with E-state index in [2.05, 4.69) is 14.9 Å². The summed E-state index contributed by atoms with van der Waals surface area (Å²) in [5.41, 5.74) is 0. The number of aromatic nitrogens is 2. The van der Waals surface area contributed by atoms with E-state index < -0.39 is 10.0 Å². The molecule has 1 aromatic rings. The molecule has 0 bridgehead atoms. The molecule has 112 valence electrons. The van der Waals surface area contributed by atoms with Crippen molar-refractivity contribution in [3.63, 3.8) is 0 Å². The first kappa shape index (κ1) is 15.0. The zero-order valence-electron chi connectivity index (χ0n) is 11.7. The van der Waals surface area contributed by atoms with Gasteiger partial charge in [0, 0.05) is 31.2 Å². The minimum absolute atomic E-state index is 0.0193. The van der Waals surface area contributed by atoms with Gasteiger partial charge in [-0.2, -0.15) is 5.10 Å². The number of hydrogen-bond donors (Lipinski definition) is 2. The van der Waals surface area contributed by atoms with Gasteiger partial charge < -0.3 is 4.90 Å². The van der Waals surface area contributed by atoms with E-state index in [0.717, 1.165) is 0 Å². The van der Waals surface area contributed by atoms with Crippen LogP contribution in [0.25, 0.3) is 0 Å². The van der Waals surface area contributed by atoms with Crippen molar-refractivity contribution in [1.29, 1.82) is 0 Å². The highest BCUT2D eigenvalue weighted by molar-refractivity contribution is 7.89. The van der Waals surface area contributed by atoms with Gasteiger partial charge in [0.15, 0.2) is 0 Å². The van der Waals surface area contributed by atoms with Gasteiger partial charge in [-0.25, -0.2) is 13.1 Å². The summed E-state index contributed by atoms with van der Waals surface area (Å²) in [7, 11) is -3.52. The Morgan fingerprint density at radius 3 is 2.60 bits per heavy atom. The number of aromatic amines is 1. The number of amides is 1. The van der Waals surface area contributed by atoms with E-state index in [0.29, 0.717) is 25.9 Å². The number of likely N-dealkylation sites (tertiary alicyclic amines) is 1. The van der Waals surface area contributed by atoms with Gasteiger partial charge >= 0.3 is 0 Å². The third kappa shape index (κ3) is 3.37. The van der Waals surface area contributed by atoms with Crippen LogP contribution in [0.2, 0.25) is 0 Å². The van der Waals surface area contributed by atoms with Gasteiger partial charge in [-0.3, -0.25) is 9.89 Å². The van der Waals surface area contributed by atoms with Gasteiger partial charge in [0.25, 0.3) is 0 Å². The molecule has 2 heterocycles. The molecule has 1 aliphatic rings. The maximum Gasteiger partial charge on any atom is 0.243 e. The van der Waals surface area contributed by atoms with Crippen molar-refractivity contribution in [3.8, 4) is 0 Å². The van der Waals surface area contributed by atoms with Crippen LogP contribution in [0.5, 0.6) is 0 Å². The predicted molar refractivity (Wildman–Crippen MR) is 73.3 cm³/mol. The Bertz CT molecular complexity index is 545. The van der Waals surface area contributed by atoms with Crippen LogP contribution in [0.4, 0.5) is 0 Å². The van der Waals surface area contributed by atoms with Gasteiger partial charge in [0.2, 0.25) is 15.9 Å². The number of H-pyrrole nitrogens is 1. The monoisotopic (exact) mass is 300 g/mol. The number of piperidine rings is 1. The molecule has 0 saturated carbocycles.